The topological polar surface area (TPSA) is 97.3 Å². The number of ether oxygens (including phenoxy) is 1. The van der Waals surface area contributed by atoms with Gasteiger partial charge in [0.05, 0.1) is 11.1 Å². The van der Waals surface area contributed by atoms with Gasteiger partial charge in [-0.05, 0) is 43.2 Å². The lowest BCUT2D eigenvalue weighted by atomic mass is 10.2. The minimum atomic E-state index is -3.65. The number of benzene rings is 2. The van der Waals surface area contributed by atoms with Gasteiger partial charge in [-0.15, -0.1) is 0 Å². The van der Waals surface area contributed by atoms with E-state index in [0.29, 0.717) is 18.8 Å². The summed E-state index contributed by atoms with van der Waals surface area (Å²) in [5.41, 5.74) is 0.559. The van der Waals surface area contributed by atoms with Crippen molar-refractivity contribution in [2.24, 2.45) is 5.16 Å². The standard InChI is InChI=1S/C22H25F2N3O5S/c23-22(24)32-20-11-4-3-8-17(20)15-25-31-16-21(28)26-18-9-7-10-19(14-18)33(29,30)27-12-5-1-2-6-13-27/h3-4,7-11,14-15,22H,1-2,5-6,12-13,16H2,(H,26,28)/b25-15+. The average molecular weight is 482 g/mol. The largest absolute Gasteiger partial charge is 0.434 e. The van der Waals surface area contributed by atoms with E-state index in [9.17, 15) is 22.0 Å². The molecule has 178 valence electrons. The maximum atomic E-state index is 12.9. The highest BCUT2D eigenvalue weighted by Crippen LogP contribution is 2.23. The first-order valence-corrected chi connectivity index (χ1v) is 11.9. The summed E-state index contributed by atoms with van der Waals surface area (Å²) in [7, 11) is -3.65. The molecular formula is C22H25F2N3O5S. The van der Waals surface area contributed by atoms with Gasteiger partial charge in [-0.1, -0.05) is 36.2 Å². The molecule has 1 saturated heterocycles. The van der Waals surface area contributed by atoms with Crippen molar-refractivity contribution in [1.29, 1.82) is 0 Å². The van der Waals surface area contributed by atoms with Gasteiger partial charge in [-0.2, -0.15) is 13.1 Å². The number of hydrogen-bond donors (Lipinski definition) is 1. The molecule has 2 aromatic carbocycles. The molecule has 3 rings (SSSR count). The van der Waals surface area contributed by atoms with Gasteiger partial charge in [0, 0.05) is 24.3 Å². The van der Waals surface area contributed by atoms with E-state index < -0.39 is 29.1 Å². The number of amides is 1. The Bertz CT molecular complexity index is 1070. The van der Waals surface area contributed by atoms with Gasteiger partial charge < -0.3 is 14.9 Å². The number of rotatable bonds is 9. The minimum absolute atomic E-state index is 0.0771. The number of nitrogens with zero attached hydrogens (tertiary/aromatic N) is 2. The van der Waals surface area contributed by atoms with E-state index in [1.54, 1.807) is 18.2 Å². The molecule has 1 amide bonds. The average Bonchev–Trinajstić information content (AvgIpc) is 3.08. The summed E-state index contributed by atoms with van der Waals surface area (Å²) < 4.78 is 56.6. The Morgan fingerprint density at radius 1 is 1.09 bits per heavy atom. The number of alkyl halides is 2. The number of anilines is 1. The van der Waals surface area contributed by atoms with E-state index in [1.807, 2.05) is 0 Å². The molecule has 0 spiro atoms. The van der Waals surface area contributed by atoms with Crippen LogP contribution in [0.3, 0.4) is 0 Å². The highest BCUT2D eigenvalue weighted by molar-refractivity contribution is 7.89. The van der Waals surface area contributed by atoms with Crippen LogP contribution in [0.15, 0.2) is 58.6 Å². The Hall–Kier alpha value is -3.05. The number of oxime groups is 1. The van der Waals surface area contributed by atoms with Gasteiger partial charge >= 0.3 is 6.61 Å². The van der Waals surface area contributed by atoms with E-state index in [0.717, 1.165) is 31.9 Å². The molecular weight excluding hydrogens is 456 g/mol. The van der Waals surface area contributed by atoms with Gasteiger partial charge in [0.1, 0.15) is 5.75 Å². The van der Waals surface area contributed by atoms with Crippen LogP contribution in [0.1, 0.15) is 31.2 Å². The zero-order valence-electron chi connectivity index (χ0n) is 17.8. The number of para-hydroxylation sites is 1. The third-order valence-electron chi connectivity index (χ3n) is 4.92. The Labute approximate surface area is 191 Å². The van der Waals surface area contributed by atoms with E-state index in [2.05, 4.69) is 15.2 Å². The molecule has 2 aromatic rings. The summed E-state index contributed by atoms with van der Waals surface area (Å²) >= 11 is 0. The van der Waals surface area contributed by atoms with Crippen molar-refractivity contribution in [3.63, 3.8) is 0 Å². The summed E-state index contributed by atoms with van der Waals surface area (Å²) in [5, 5.41) is 6.17. The molecule has 0 bridgehead atoms. The first-order valence-electron chi connectivity index (χ1n) is 10.5. The molecule has 0 radical (unpaired) electrons. The van der Waals surface area contributed by atoms with Crippen molar-refractivity contribution in [2.45, 2.75) is 37.2 Å². The SMILES string of the molecule is O=C(CO/N=C/c1ccccc1OC(F)F)Nc1cccc(S(=O)(=O)N2CCCCCC2)c1. The molecule has 0 unspecified atom stereocenters. The van der Waals surface area contributed by atoms with E-state index >= 15 is 0 Å². The van der Waals surface area contributed by atoms with Gasteiger partial charge in [-0.3, -0.25) is 4.79 Å². The van der Waals surface area contributed by atoms with Crippen molar-refractivity contribution in [3.8, 4) is 5.75 Å². The first-order chi connectivity index (χ1) is 15.9. The van der Waals surface area contributed by atoms with Crippen LogP contribution >= 0.6 is 0 Å². The number of nitrogens with one attached hydrogen (secondary N) is 1. The molecule has 0 aliphatic carbocycles. The van der Waals surface area contributed by atoms with E-state index in [-0.39, 0.29) is 16.2 Å². The summed E-state index contributed by atoms with van der Waals surface area (Å²) in [6.07, 6.45) is 4.82. The number of sulfonamides is 1. The van der Waals surface area contributed by atoms with Gasteiger partial charge in [0.2, 0.25) is 10.0 Å². The molecule has 11 heteroatoms. The lowest BCUT2D eigenvalue weighted by Gasteiger charge is -2.20. The van der Waals surface area contributed by atoms with Crippen LogP contribution in [0, 0.1) is 0 Å². The van der Waals surface area contributed by atoms with Gasteiger partial charge in [-0.25, -0.2) is 8.42 Å². The predicted octanol–water partition coefficient (Wildman–Crippen LogP) is 3.84. The van der Waals surface area contributed by atoms with Gasteiger partial charge in [0.15, 0.2) is 6.61 Å². The molecule has 8 nitrogen and oxygen atoms in total. The normalized spacial score (nSPS) is 15.4. The third-order valence-corrected chi connectivity index (χ3v) is 6.81. The number of carbonyl (C=O) groups is 1. The highest BCUT2D eigenvalue weighted by atomic mass is 32.2. The van der Waals surface area contributed by atoms with Crippen molar-refractivity contribution in [1.82, 2.24) is 4.31 Å². The van der Waals surface area contributed by atoms with Crippen molar-refractivity contribution >= 4 is 27.8 Å². The molecule has 0 saturated carbocycles. The Morgan fingerprint density at radius 3 is 2.55 bits per heavy atom. The second kappa shape index (κ2) is 11.7. The van der Waals surface area contributed by atoms with Crippen LogP contribution in [0.2, 0.25) is 0 Å². The van der Waals surface area contributed by atoms with E-state index in [1.165, 1.54) is 34.6 Å². The van der Waals surface area contributed by atoms with Crippen molar-refractivity contribution in [2.75, 3.05) is 25.0 Å². The molecule has 0 aromatic heterocycles. The van der Waals surface area contributed by atoms with E-state index in [4.69, 9.17) is 4.84 Å². The maximum Gasteiger partial charge on any atom is 0.387 e. The molecule has 1 aliphatic rings. The Morgan fingerprint density at radius 2 is 1.82 bits per heavy atom. The summed E-state index contributed by atoms with van der Waals surface area (Å²) in [6.45, 7) is -2.48. The molecule has 33 heavy (non-hydrogen) atoms. The Balaban J connectivity index is 1.57. The van der Waals surface area contributed by atoms with Crippen LogP contribution in [-0.4, -0.2) is 51.2 Å². The molecule has 1 heterocycles. The van der Waals surface area contributed by atoms with Crippen LogP contribution in [0.4, 0.5) is 14.5 Å². The fourth-order valence-corrected chi connectivity index (χ4v) is 4.91. The second-order valence-electron chi connectivity index (χ2n) is 7.32. The molecule has 0 atom stereocenters. The molecule has 1 aliphatic heterocycles. The van der Waals surface area contributed by atoms with Gasteiger partial charge in [0.25, 0.3) is 5.91 Å². The zero-order chi connectivity index (χ0) is 23.7. The second-order valence-corrected chi connectivity index (χ2v) is 9.26. The first kappa shape index (κ1) is 24.6. The summed E-state index contributed by atoms with van der Waals surface area (Å²) in [6, 6.07) is 12.0. The fraction of sp³-hybridized carbons (Fsp3) is 0.364. The Kier molecular flexibility index (Phi) is 8.72. The maximum absolute atomic E-state index is 12.9. The monoisotopic (exact) mass is 481 g/mol. The lowest BCUT2D eigenvalue weighted by molar-refractivity contribution is -0.120. The number of hydrogen-bond acceptors (Lipinski definition) is 6. The number of halogens is 2. The molecule has 1 fully saturated rings. The zero-order valence-corrected chi connectivity index (χ0v) is 18.6. The van der Waals surface area contributed by atoms with Crippen LogP contribution < -0.4 is 10.1 Å². The van der Waals surface area contributed by atoms with Crippen LogP contribution in [0.25, 0.3) is 0 Å². The highest BCUT2D eigenvalue weighted by Gasteiger charge is 2.25. The predicted molar refractivity (Wildman–Crippen MR) is 119 cm³/mol. The fourth-order valence-electron chi connectivity index (χ4n) is 3.34. The smallest absolute Gasteiger partial charge is 0.387 e. The van der Waals surface area contributed by atoms with Crippen LogP contribution in [-0.2, 0) is 19.7 Å². The third kappa shape index (κ3) is 7.22. The van der Waals surface area contributed by atoms with Crippen molar-refractivity contribution < 1.29 is 31.6 Å². The molecule has 1 N–H and O–H groups in total. The van der Waals surface area contributed by atoms with Crippen LogP contribution in [0.5, 0.6) is 5.75 Å². The lowest BCUT2D eigenvalue weighted by Crippen LogP contribution is -2.32. The quantitative estimate of drug-likeness (QED) is 0.434. The minimum Gasteiger partial charge on any atom is -0.434 e. The summed E-state index contributed by atoms with van der Waals surface area (Å²) in [5.74, 6) is -0.639. The number of carbonyl (C=O) groups excluding carboxylic acids is 1. The van der Waals surface area contributed by atoms with Crippen molar-refractivity contribution in [3.05, 3.63) is 54.1 Å². The summed E-state index contributed by atoms with van der Waals surface area (Å²) in [4.78, 5) is 17.2.